The summed E-state index contributed by atoms with van der Waals surface area (Å²) in [5, 5.41) is 24.0. The number of amides is 4. The molecule has 0 aromatic rings. The molecule has 0 aromatic carbocycles. The molecule has 1 saturated heterocycles. The van der Waals surface area contributed by atoms with Gasteiger partial charge in [-0.1, -0.05) is 32.1 Å². The molecule has 4 unspecified atom stereocenters. The Morgan fingerprint density at radius 2 is 1.74 bits per heavy atom. The molecule has 2 aliphatic carbocycles. The SMILES string of the molecule is NC(=O)C(O)C(CCCCNC(=O)O)NC(=O)[C@@H]1C2CCC(C2)N1C(=O)[C@H](N)CC1CCCCC1. The van der Waals surface area contributed by atoms with Gasteiger partial charge >= 0.3 is 6.09 Å². The van der Waals surface area contributed by atoms with Crippen molar-refractivity contribution in [1.82, 2.24) is 15.5 Å². The van der Waals surface area contributed by atoms with Gasteiger partial charge in [0.25, 0.3) is 0 Å². The Morgan fingerprint density at radius 3 is 2.40 bits per heavy atom. The van der Waals surface area contributed by atoms with E-state index in [9.17, 15) is 24.3 Å². The molecule has 3 rings (SSSR count). The summed E-state index contributed by atoms with van der Waals surface area (Å²) in [5.74, 6) is -1.06. The number of nitrogens with zero attached hydrogens (tertiary/aromatic N) is 1. The zero-order valence-electron chi connectivity index (χ0n) is 20.4. The minimum Gasteiger partial charge on any atom is -0.465 e. The number of hydrogen-bond acceptors (Lipinski definition) is 6. The van der Waals surface area contributed by atoms with Gasteiger partial charge in [-0.05, 0) is 56.8 Å². The molecule has 1 heterocycles. The van der Waals surface area contributed by atoms with Crippen LogP contribution in [-0.4, -0.2) is 75.7 Å². The number of rotatable bonds is 12. The molecule has 4 amide bonds. The Bertz CT molecular complexity index is 774. The second-order valence-electron chi connectivity index (χ2n) is 10.5. The normalized spacial score (nSPS) is 26.7. The average molecular weight is 496 g/mol. The maximum Gasteiger partial charge on any atom is 0.404 e. The minimum atomic E-state index is -1.58. The summed E-state index contributed by atoms with van der Waals surface area (Å²) >= 11 is 0. The zero-order valence-corrected chi connectivity index (χ0v) is 20.4. The zero-order chi connectivity index (χ0) is 25.5. The van der Waals surface area contributed by atoms with Crippen LogP contribution in [0.3, 0.4) is 0 Å². The highest BCUT2D eigenvalue weighted by Gasteiger charge is 2.52. The highest BCUT2D eigenvalue weighted by Crippen LogP contribution is 2.43. The van der Waals surface area contributed by atoms with Crippen LogP contribution in [0.2, 0.25) is 0 Å². The van der Waals surface area contributed by atoms with Crippen LogP contribution in [-0.2, 0) is 14.4 Å². The number of nitrogens with two attached hydrogens (primary N) is 2. The molecule has 1 aliphatic heterocycles. The van der Waals surface area contributed by atoms with Crippen LogP contribution in [0.25, 0.3) is 0 Å². The van der Waals surface area contributed by atoms with Crippen LogP contribution in [0.15, 0.2) is 0 Å². The van der Waals surface area contributed by atoms with Gasteiger partial charge < -0.3 is 37.2 Å². The Morgan fingerprint density at radius 1 is 1.03 bits per heavy atom. The number of carboxylic acid groups (broad SMARTS) is 1. The van der Waals surface area contributed by atoms with Gasteiger partial charge in [-0.25, -0.2) is 4.79 Å². The minimum absolute atomic E-state index is 0.0118. The second kappa shape index (κ2) is 12.5. The van der Waals surface area contributed by atoms with Gasteiger partial charge in [-0.3, -0.25) is 14.4 Å². The molecule has 6 atom stereocenters. The molecule has 0 spiro atoms. The number of fused-ring (bicyclic) bond motifs is 2. The van der Waals surface area contributed by atoms with Gasteiger partial charge in [-0.2, -0.15) is 0 Å². The molecule has 0 radical (unpaired) electrons. The second-order valence-corrected chi connectivity index (χ2v) is 10.5. The molecule has 35 heavy (non-hydrogen) atoms. The average Bonchev–Trinajstić information content (AvgIpc) is 3.44. The number of hydrogen-bond donors (Lipinski definition) is 6. The number of carbonyl (C=O) groups is 4. The topological polar surface area (TPSA) is 188 Å². The van der Waals surface area contributed by atoms with Crippen molar-refractivity contribution in [3.05, 3.63) is 0 Å². The molecular weight excluding hydrogens is 454 g/mol. The summed E-state index contributed by atoms with van der Waals surface area (Å²) in [7, 11) is 0. The van der Waals surface area contributed by atoms with Crippen molar-refractivity contribution < 1.29 is 29.4 Å². The fraction of sp³-hybridized carbons (Fsp3) is 0.833. The predicted molar refractivity (Wildman–Crippen MR) is 128 cm³/mol. The first-order valence-corrected chi connectivity index (χ1v) is 13.0. The van der Waals surface area contributed by atoms with E-state index in [2.05, 4.69) is 10.6 Å². The number of carbonyl (C=O) groups excluding carboxylic acids is 3. The molecule has 3 fully saturated rings. The number of unbranched alkanes of at least 4 members (excludes halogenated alkanes) is 1. The number of nitrogens with one attached hydrogen (secondary N) is 2. The Kier molecular flexibility index (Phi) is 9.73. The third-order valence-corrected chi connectivity index (χ3v) is 7.96. The van der Waals surface area contributed by atoms with Gasteiger partial charge in [0.1, 0.15) is 6.04 Å². The summed E-state index contributed by atoms with van der Waals surface area (Å²) < 4.78 is 0. The van der Waals surface area contributed by atoms with Gasteiger partial charge in [0, 0.05) is 12.6 Å². The lowest BCUT2D eigenvalue weighted by Gasteiger charge is -2.37. The summed E-state index contributed by atoms with van der Waals surface area (Å²) in [6.07, 6.45) is 7.28. The van der Waals surface area contributed by atoms with E-state index >= 15 is 0 Å². The predicted octanol–water partition coefficient (Wildman–Crippen LogP) is 0.433. The van der Waals surface area contributed by atoms with E-state index in [1.807, 2.05) is 0 Å². The highest BCUT2D eigenvalue weighted by atomic mass is 16.4. The van der Waals surface area contributed by atoms with E-state index in [1.165, 1.54) is 19.3 Å². The van der Waals surface area contributed by atoms with Gasteiger partial charge in [-0.15, -0.1) is 0 Å². The Hall–Kier alpha value is -2.40. The van der Waals surface area contributed by atoms with Crippen LogP contribution in [0.1, 0.15) is 77.0 Å². The maximum atomic E-state index is 13.4. The number of aliphatic hydroxyl groups excluding tert-OH is 1. The highest BCUT2D eigenvalue weighted by molar-refractivity contribution is 5.92. The van der Waals surface area contributed by atoms with E-state index < -0.39 is 42.1 Å². The van der Waals surface area contributed by atoms with Crippen LogP contribution in [0.5, 0.6) is 0 Å². The van der Waals surface area contributed by atoms with Crippen molar-refractivity contribution in [3.8, 4) is 0 Å². The van der Waals surface area contributed by atoms with E-state index in [0.717, 1.165) is 32.1 Å². The molecule has 2 saturated carbocycles. The molecule has 11 nitrogen and oxygen atoms in total. The first-order chi connectivity index (χ1) is 16.7. The summed E-state index contributed by atoms with van der Waals surface area (Å²) in [6.45, 7) is 0.218. The molecule has 2 bridgehead atoms. The van der Waals surface area contributed by atoms with E-state index in [1.54, 1.807) is 4.90 Å². The number of aliphatic hydroxyl groups is 1. The van der Waals surface area contributed by atoms with Crippen LogP contribution < -0.4 is 22.1 Å². The van der Waals surface area contributed by atoms with Crippen LogP contribution in [0, 0.1) is 11.8 Å². The standard InChI is InChI=1S/C24H41N5O6/c25-17(12-14-6-2-1-3-7-14)23(33)29-16-10-9-15(13-16)19(29)22(32)28-18(20(30)21(26)31)8-4-5-11-27-24(34)35/h14-20,27,30H,1-13,25H2,(H2,26,31)(H,28,32)(H,34,35)/t15?,16?,17-,18?,19+,20?/m1/s1. The van der Waals surface area contributed by atoms with E-state index in [4.69, 9.17) is 16.6 Å². The van der Waals surface area contributed by atoms with Crippen molar-refractivity contribution in [2.45, 2.75) is 107 Å². The molecular formula is C24H41N5O6. The van der Waals surface area contributed by atoms with Crippen LogP contribution >= 0.6 is 0 Å². The van der Waals surface area contributed by atoms with Crippen LogP contribution in [0.4, 0.5) is 4.79 Å². The molecule has 8 N–H and O–H groups in total. The lowest BCUT2D eigenvalue weighted by atomic mass is 9.84. The first-order valence-electron chi connectivity index (χ1n) is 13.0. The fourth-order valence-electron chi connectivity index (χ4n) is 6.18. The van der Waals surface area contributed by atoms with E-state index in [0.29, 0.717) is 25.2 Å². The first kappa shape index (κ1) is 27.2. The summed E-state index contributed by atoms with van der Waals surface area (Å²) in [5.41, 5.74) is 11.6. The van der Waals surface area contributed by atoms with Gasteiger partial charge in [0.15, 0.2) is 6.10 Å². The number of piperidine rings is 1. The Labute approximate surface area is 206 Å². The monoisotopic (exact) mass is 495 g/mol. The molecule has 198 valence electrons. The third-order valence-electron chi connectivity index (χ3n) is 7.96. The quantitative estimate of drug-likeness (QED) is 0.212. The van der Waals surface area contributed by atoms with Crippen molar-refractivity contribution >= 4 is 23.8 Å². The fourth-order valence-corrected chi connectivity index (χ4v) is 6.18. The largest absolute Gasteiger partial charge is 0.465 e. The van der Waals surface area contributed by atoms with Crippen molar-refractivity contribution in [2.75, 3.05) is 6.54 Å². The molecule has 3 aliphatic rings. The summed E-state index contributed by atoms with van der Waals surface area (Å²) in [4.78, 5) is 50.7. The molecule has 11 heteroatoms. The number of likely N-dealkylation sites (tertiary alicyclic amines) is 1. The third kappa shape index (κ3) is 7.07. The van der Waals surface area contributed by atoms with Crippen molar-refractivity contribution in [2.24, 2.45) is 23.3 Å². The lowest BCUT2D eigenvalue weighted by Crippen LogP contribution is -2.59. The van der Waals surface area contributed by atoms with Gasteiger partial charge in [0.2, 0.25) is 17.7 Å². The number of primary amides is 1. The van der Waals surface area contributed by atoms with Gasteiger partial charge in [0.05, 0.1) is 12.1 Å². The Balaban J connectivity index is 1.63. The molecule has 0 aromatic heterocycles. The van der Waals surface area contributed by atoms with Crippen molar-refractivity contribution in [1.29, 1.82) is 0 Å². The summed E-state index contributed by atoms with van der Waals surface area (Å²) in [6, 6.07) is -2.24. The smallest absolute Gasteiger partial charge is 0.404 e. The van der Waals surface area contributed by atoms with E-state index in [-0.39, 0.29) is 30.8 Å². The van der Waals surface area contributed by atoms with Crippen molar-refractivity contribution in [3.63, 3.8) is 0 Å². The maximum absolute atomic E-state index is 13.4. The lowest BCUT2D eigenvalue weighted by molar-refractivity contribution is -0.145.